The Morgan fingerprint density at radius 1 is 1.37 bits per heavy atom. The minimum atomic E-state index is -2.94. The van der Waals surface area contributed by atoms with Crippen LogP contribution in [0.15, 0.2) is 0 Å². The highest BCUT2D eigenvalue weighted by atomic mass is 32.2. The van der Waals surface area contributed by atoms with Crippen LogP contribution in [0.25, 0.3) is 0 Å². The van der Waals surface area contributed by atoms with Crippen molar-refractivity contribution in [1.29, 1.82) is 0 Å². The summed E-state index contributed by atoms with van der Waals surface area (Å²) >= 11 is 0. The molecule has 1 unspecified atom stereocenters. The third kappa shape index (κ3) is 3.44. The molecule has 19 heavy (non-hydrogen) atoms. The molecule has 1 amide bonds. The summed E-state index contributed by atoms with van der Waals surface area (Å²) in [6, 6.07) is -0.959. The molecule has 8 heteroatoms. The van der Waals surface area contributed by atoms with Crippen molar-refractivity contribution in [2.75, 3.05) is 31.3 Å². The van der Waals surface area contributed by atoms with Crippen molar-refractivity contribution in [1.82, 2.24) is 4.90 Å². The van der Waals surface area contributed by atoms with E-state index in [-0.39, 0.29) is 36.5 Å². The third-order valence-electron chi connectivity index (χ3n) is 3.61. The van der Waals surface area contributed by atoms with E-state index in [0.717, 1.165) is 0 Å². The first kappa shape index (κ1) is 14.3. The topological polar surface area (TPSA) is 101 Å². The van der Waals surface area contributed by atoms with Gasteiger partial charge < -0.3 is 14.7 Å². The number of morpholine rings is 1. The van der Waals surface area contributed by atoms with Crippen LogP contribution in [0.1, 0.15) is 12.8 Å². The lowest BCUT2D eigenvalue weighted by Gasteiger charge is -2.36. The van der Waals surface area contributed by atoms with Gasteiger partial charge in [0.15, 0.2) is 6.04 Å². The van der Waals surface area contributed by atoms with E-state index in [1.54, 1.807) is 0 Å². The van der Waals surface area contributed by atoms with Gasteiger partial charge in [0, 0.05) is 6.54 Å². The molecule has 0 aromatic carbocycles. The molecule has 7 nitrogen and oxygen atoms in total. The number of amides is 1. The zero-order valence-electron chi connectivity index (χ0n) is 10.4. The second-order valence-electron chi connectivity index (χ2n) is 5.01. The molecule has 1 atom stereocenters. The summed E-state index contributed by atoms with van der Waals surface area (Å²) in [5.74, 6) is -1.14. The number of carbonyl (C=O) groups excluding carboxylic acids is 1. The van der Waals surface area contributed by atoms with Gasteiger partial charge in [-0.15, -0.1) is 0 Å². The number of sulfone groups is 1. The molecule has 0 saturated carbocycles. The lowest BCUT2D eigenvalue weighted by atomic mass is 10.0. The number of hydrogen-bond acceptors (Lipinski definition) is 5. The van der Waals surface area contributed by atoms with Crippen molar-refractivity contribution in [2.24, 2.45) is 5.92 Å². The molecule has 0 spiro atoms. The maximum atomic E-state index is 11.7. The van der Waals surface area contributed by atoms with Gasteiger partial charge in [-0.1, -0.05) is 0 Å². The summed E-state index contributed by atoms with van der Waals surface area (Å²) in [5, 5.41) is 9.07. The van der Waals surface area contributed by atoms with Crippen LogP contribution in [0.5, 0.6) is 0 Å². The standard InChI is InChI=1S/C11H17NO6S/c13-10-7-18-6-9(11(14)15)12(10)5-8-1-3-19(16,17)4-2-8/h8-9H,1-7H2,(H,14,15). The molecule has 2 saturated heterocycles. The van der Waals surface area contributed by atoms with Crippen LogP contribution in [-0.4, -0.2) is 67.6 Å². The number of nitrogens with zero attached hydrogens (tertiary/aromatic N) is 1. The molecule has 1 N–H and O–H groups in total. The Balaban J connectivity index is 1.99. The van der Waals surface area contributed by atoms with Gasteiger partial charge in [0.1, 0.15) is 16.4 Å². The van der Waals surface area contributed by atoms with Crippen LogP contribution >= 0.6 is 0 Å². The Morgan fingerprint density at radius 2 is 2.00 bits per heavy atom. The van der Waals surface area contributed by atoms with Crippen LogP contribution in [0.4, 0.5) is 0 Å². The number of rotatable bonds is 3. The van der Waals surface area contributed by atoms with Crippen molar-refractivity contribution in [3.05, 3.63) is 0 Å². The zero-order chi connectivity index (χ0) is 14.0. The number of ether oxygens (including phenoxy) is 1. The Labute approximate surface area is 111 Å². The zero-order valence-corrected chi connectivity index (χ0v) is 11.3. The van der Waals surface area contributed by atoms with E-state index in [1.807, 2.05) is 0 Å². The second kappa shape index (κ2) is 5.46. The van der Waals surface area contributed by atoms with Gasteiger partial charge >= 0.3 is 5.97 Å². The predicted octanol–water partition coefficient (Wildman–Crippen LogP) is -0.877. The fraction of sp³-hybridized carbons (Fsp3) is 0.818. The Bertz CT molecular complexity index is 460. The van der Waals surface area contributed by atoms with E-state index in [2.05, 4.69) is 0 Å². The van der Waals surface area contributed by atoms with Crippen molar-refractivity contribution in [3.8, 4) is 0 Å². The van der Waals surface area contributed by atoms with Gasteiger partial charge in [-0.3, -0.25) is 4.79 Å². The predicted molar refractivity (Wildman–Crippen MR) is 65.3 cm³/mol. The number of carboxylic acids is 1. The normalized spacial score (nSPS) is 28.3. The monoisotopic (exact) mass is 291 g/mol. The van der Waals surface area contributed by atoms with E-state index in [0.29, 0.717) is 19.4 Å². The molecule has 0 bridgehead atoms. The van der Waals surface area contributed by atoms with E-state index < -0.39 is 21.8 Å². The molecule has 0 radical (unpaired) electrons. The van der Waals surface area contributed by atoms with Crippen LogP contribution < -0.4 is 0 Å². The van der Waals surface area contributed by atoms with Gasteiger partial charge in [0.05, 0.1) is 18.1 Å². The van der Waals surface area contributed by atoms with Gasteiger partial charge in [0.25, 0.3) is 0 Å². The number of carbonyl (C=O) groups is 2. The van der Waals surface area contributed by atoms with Crippen molar-refractivity contribution >= 4 is 21.7 Å². The third-order valence-corrected chi connectivity index (χ3v) is 5.33. The van der Waals surface area contributed by atoms with Crippen molar-refractivity contribution in [3.63, 3.8) is 0 Å². The minimum absolute atomic E-state index is 0.00785. The molecule has 2 heterocycles. The van der Waals surface area contributed by atoms with E-state index in [1.165, 1.54) is 4.90 Å². The number of carboxylic acid groups (broad SMARTS) is 1. The summed E-state index contributed by atoms with van der Waals surface area (Å²) in [6.07, 6.45) is 0.971. The van der Waals surface area contributed by atoms with Crippen LogP contribution in [0.3, 0.4) is 0 Å². The quantitative estimate of drug-likeness (QED) is 0.725. The van der Waals surface area contributed by atoms with E-state index in [9.17, 15) is 18.0 Å². The molecule has 0 aromatic heterocycles. The van der Waals surface area contributed by atoms with Crippen LogP contribution in [0.2, 0.25) is 0 Å². The van der Waals surface area contributed by atoms with E-state index in [4.69, 9.17) is 9.84 Å². The fourth-order valence-electron chi connectivity index (χ4n) is 2.44. The molecule has 2 rings (SSSR count). The van der Waals surface area contributed by atoms with Gasteiger partial charge in [-0.25, -0.2) is 13.2 Å². The first-order chi connectivity index (χ1) is 8.89. The molecule has 0 aliphatic carbocycles. The molecular formula is C11H17NO6S. The van der Waals surface area contributed by atoms with Gasteiger partial charge in [0.2, 0.25) is 5.91 Å². The molecule has 0 aromatic rings. The largest absolute Gasteiger partial charge is 0.480 e. The second-order valence-corrected chi connectivity index (χ2v) is 7.31. The smallest absolute Gasteiger partial charge is 0.328 e. The number of hydrogen-bond donors (Lipinski definition) is 1. The summed E-state index contributed by atoms with van der Waals surface area (Å²) in [5.41, 5.74) is 0. The average molecular weight is 291 g/mol. The lowest BCUT2D eigenvalue weighted by molar-refractivity contribution is -0.163. The summed E-state index contributed by atoms with van der Waals surface area (Å²) in [4.78, 5) is 24.1. The molecule has 2 aliphatic rings. The SMILES string of the molecule is O=C(O)C1COCC(=O)N1CC1CCS(=O)(=O)CC1. The van der Waals surface area contributed by atoms with Gasteiger partial charge in [-0.2, -0.15) is 0 Å². The minimum Gasteiger partial charge on any atom is -0.480 e. The molecule has 2 aliphatic heterocycles. The molecular weight excluding hydrogens is 274 g/mol. The van der Waals surface area contributed by atoms with Gasteiger partial charge in [-0.05, 0) is 18.8 Å². The molecule has 108 valence electrons. The summed E-state index contributed by atoms with van der Waals surface area (Å²) in [7, 11) is -2.94. The summed E-state index contributed by atoms with van der Waals surface area (Å²) < 4.78 is 27.6. The first-order valence-corrected chi connectivity index (χ1v) is 8.01. The highest BCUT2D eigenvalue weighted by Gasteiger charge is 2.36. The summed E-state index contributed by atoms with van der Waals surface area (Å²) in [6.45, 7) is 0.190. The van der Waals surface area contributed by atoms with Crippen molar-refractivity contribution in [2.45, 2.75) is 18.9 Å². The highest BCUT2D eigenvalue weighted by Crippen LogP contribution is 2.22. The molecule has 2 fully saturated rings. The Morgan fingerprint density at radius 3 is 2.58 bits per heavy atom. The fourth-order valence-corrected chi connectivity index (χ4v) is 4.03. The lowest BCUT2D eigenvalue weighted by Crippen LogP contribution is -2.55. The highest BCUT2D eigenvalue weighted by molar-refractivity contribution is 7.91. The van der Waals surface area contributed by atoms with E-state index >= 15 is 0 Å². The maximum absolute atomic E-state index is 11.7. The van der Waals surface area contributed by atoms with Crippen LogP contribution in [-0.2, 0) is 24.2 Å². The number of aliphatic carboxylic acids is 1. The Kier molecular flexibility index (Phi) is 4.10. The first-order valence-electron chi connectivity index (χ1n) is 6.19. The average Bonchev–Trinajstić information content (AvgIpc) is 2.33. The van der Waals surface area contributed by atoms with Crippen molar-refractivity contribution < 1.29 is 27.9 Å². The van der Waals surface area contributed by atoms with Crippen LogP contribution in [0, 0.1) is 5.92 Å². The maximum Gasteiger partial charge on any atom is 0.328 e. The Hall–Kier alpha value is -1.15.